The number of nitrogens with two attached hydrogens (primary N) is 1. The monoisotopic (exact) mass is 265 g/mol. The van der Waals surface area contributed by atoms with E-state index in [1.165, 1.54) is 64.7 Å². The summed E-state index contributed by atoms with van der Waals surface area (Å²) >= 11 is 0. The molecule has 0 aromatic heterocycles. The van der Waals surface area contributed by atoms with E-state index in [9.17, 15) is 0 Å². The molecule has 0 bridgehead atoms. The van der Waals surface area contributed by atoms with Crippen LogP contribution in [-0.4, -0.2) is 54.6 Å². The molecule has 3 aliphatic rings. The first kappa shape index (κ1) is 13.8. The zero-order valence-electron chi connectivity index (χ0n) is 12.6. The Balaban J connectivity index is 1.53. The van der Waals surface area contributed by atoms with Crippen molar-refractivity contribution in [2.75, 3.05) is 32.7 Å². The maximum Gasteiger partial charge on any atom is 0.0247 e. The van der Waals surface area contributed by atoms with Gasteiger partial charge in [0.15, 0.2) is 0 Å². The minimum Gasteiger partial charge on any atom is -0.329 e. The van der Waals surface area contributed by atoms with Crippen LogP contribution in [0.25, 0.3) is 0 Å². The molecule has 0 radical (unpaired) electrons. The summed E-state index contributed by atoms with van der Waals surface area (Å²) in [5.74, 6) is 1.78. The van der Waals surface area contributed by atoms with Gasteiger partial charge in [-0.05, 0) is 37.5 Å². The predicted molar refractivity (Wildman–Crippen MR) is 80.1 cm³/mol. The normalized spacial score (nSPS) is 36.3. The zero-order chi connectivity index (χ0) is 13.2. The van der Waals surface area contributed by atoms with E-state index < -0.39 is 0 Å². The molecule has 0 aromatic rings. The van der Waals surface area contributed by atoms with E-state index >= 15 is 0 Å². The van der Waals surface area contributed by atoms with Crippen molar-refractivity contribution in [2.45, 2.75) is 57.5 Å². The molecule has 2 N–H and O–H groups in total. The first-order chi connectivity index (χ1) is 9.28. The van der Waals surface area contributed by atoms with Crippen LogP contribution in [0.4, 0.5) is 0 Å². The molecule has 3 fully saturated rings. The second-order valence-electron chi connectivity index (χ2n) is 7.14. The van der Waals surface area contributed by atoms with Gasteiger partial charge in [-0.3, -0.25) is 9.80 Å². The second kappa shape index (κ2) is 6.11. The summed E-state index contributed by atoms with van der Waals surface area (Å²) < 4.78 is 0. The maximum absolute atomic E-state index is 6.13. The van der Waals surface area contributed by atoms with E-state index in [1.54, 1.807) is 0 Å². The summed E-state index contributed by atoms with van der Waals surface area (Å²) in [7, 11) is 0. The third-order valence-corrected chi connectivity index (χ3v) is 5.64. The molecule has 1 heterocycles. The Morgan fingerprint density at radius 1 is 1.05 bits per heavy atom. The summed E-state index contributed by atoms with van der Waals surface area (Å²) in [5.41, 5.74) is 6.13. The van der Waals surface area contributed by atoms with Crippen molar-refractivity contribution >= 4 is 0 Å². The molecule has 0 amide bonds. The van der Waals surface area contributed by atoms with Crippen LogP contribution in [-0.2, 0) is 0 Å². The van der Waals surface area contributed by atoms with Crippen LogP contribution in [0, 0.1) is 11.8 Å². The maximum atomic E-state index is 6.13. The SMILES string of the molecule is CC1CCCC(C(CN)N2CCN(C3CC3)CC2)C1. The highest BCUT2D eigenvalue weighted by molar-refractivity contribution is 4.91. The number of piperazine rings is 1. The Morgan fingerprint density at radius 3 is 2.37 bits per heavy atom. The lowest BCUT2D eigenvalue weighted by Gasteiger charge is -2.44. The minimum atomic E-state index is 0.657. The minimum absolute atomic E-state index is 0.657. The molecule has 0 spiro atoms. The number of hydrogen-bond acceptors (Lipinski definition) is 3. The van der Waals surface area contributed by atoms with Crippen molar-refractivity contribution in [3.05, 3.63) is 0 Å². The Bertz CT molecular complexity index is 282. The van der Waals surface area contributed by atoms with Crippen molar-refractivity contribution in [2.24, 2.45) is 17.6 Å². The van der Waals surface area contributed by atoms with Gasteiger partial charge in [0.2, 0.25) is 0 Å². The summed E-state index contributed by atoms with van der Waals surface area (Å²) in [6.45, 7) is 8.35. The van der Waals surface area contributed by atoms with Gasteiger partial charge >= 0.3 is 0 Å². The van der Waals surface area contributed by atoms with Gasteiger partial charge in [0, 0.05) is 44.8 Å². The molecule has 3 heteroatoms. The average Bonchev–Trinajstić information content (AvgIpc) is 3.25. The van der Waals surface area contributed by atoms with Crippen molar-refractivity contribution in [1.29, 1.82) is 0 Å². The lowest BCUT2D eigenvalue weighted by Crippen LogP contribution is -2.55. The quantitative estimate of drug-likeness (QED) is 0.843. The summed E-state index contributed by atoms with van der Waals surface area (Å²) in [4.78, 5) is 5.41. The molecule has 2 aliphatic carbocycles. The number of nitrogens with zero attached hydrogens (tertiary/aromatic N) is 2. The number of hydrogen-bond donors (Lipinski definition) is 1. The Hall–Kier alpha value is -0.120. The van der Waals surface area contributed by atoms with Gasteiger partial charge in [0.05, 0.1) is 0 Å². The largest absolute Gasteiger partial charge is 0.329 e. The van der Waals surface area contributed by atoms with Crippen LogP contribution in [0.1, 0.15) is 45.4 Å². The van der Waals surface area contributed by atoms with E-state index in [-0.39, 0.29) is 0 Å². The molecule has 3 nitrogen and oxygen atoms in total. The van der Waals surface area contributed by atoms with Crippen LogP contribution in [0.3, 0.4) is 0 Å². The average molecular weight is 265 g/mol. The lowest BCUT2D eigenvalue weighted by molar-refractivity contribution is 0.0528. The van der Waals surface area contributed by atoms with Crippen LogP contribution >= 0.6 is 0 Å². The molecule has 0 aromatic carbocycles. The van der Waals surface area contributed by atoms with Gasteiger partial charge < -0.3 is 5.73 Å². The first-order valence-electron chi connectivity index (χ1n) is 8.46. The fourth-order valence-corrected chi connectivity index (χ4v) is 4.34. The van der Waals surface area contributed by atoms with Crippen LogP contribution in [0.5, 0.6) is 0 Å². The highest BCUT2D eigenvalue weighted by Crippen LogP contribution is 2.33. The second-order valence-corrected chi connectivity index (χ2v) is 7.14. The molecular weight excluding hydrogens is 234 g/mol. The molecule has 3 unspecified atom stereocenters. The third-order valence-electron chi connectivity index (χ3n) is 5.64. The van der Waals surface area contributed by atoms with E-state index in [2.05, 4.69) is 16.7 Å². The molecule has 2 saturated carbocycles. The van der Waals surface area contributed by atoms with E-state index in [1.807, 2.05) is 0 Å². The van der Waals surface area contributed by atoms with E-state index in [4.69, 9.17) is 5.73 Å². The Morgan fingerprint density at radius 2 is 1.79 bits per heavy atom. The van der Waals surface area contributed by atoms with E-state index in [0.717, 1.165) is 24.4 Å². The molecular formula is C16H31N3. The fraction of sp³-hybridized carbons (Fsp3) is 1.00. The van der Waals surface area contributed by atoms with Crippen molar-refractivity contribution in [3.8, 4) is 0 Å². The molecule has 110 valence electrons. The summed E-state index contributed by atoms with van der Waals surface area (Å²) in [6.07, 6.45) is 8.56. The predicted octanol–water partition coefficient (Wildman–Crippen LogP) is 1.92. The van der Waals surface area contributed by atoms with Gasteiger partial charge in [0.1, 0.15) is 0 Å². The first-order valence-corrected chi connectivity index (χ1v) is 8.46. The smallest absolute Gasteiger partial charge is 0.0247 e. The van der Waals surface area contributed by atoms with Crippen molar-refractivity contribution in [3.63, 3.8) is 0 Å². The molecule has 1 aliphatic heterocycles. The topological polar surface area (TPSA) is 32.5 Å². The lowest BCUT2D eigenvalue weighted by atomic mass is 9.78. The number of rotatable bonds is 4. The zero-order valence-corrected chi connectivity index (χ0v) is 12.6. The molecule has 3 rings (SSSR count). The van der Waals surface area contributed by atoms with Gasteiger partial charge in [-0.2, -0.15) is 0 Å². The van der Waals surface area contributed by atoms with Crippen LogP contribution < -0.4 is 5.73 Å². The van der Waals surface area contributed by atoms with E-state index in [0.29, 0.717) is 6.04 Å². The summed E-state index contributed by atoms with van der Waals surface area (Å²) in [6, 6.07) is 1.59. The van der Waals surface area contributed by atoms with Crippen molar-refractivity contribution < 1.29 is 0 Å². The van der Waals surface area contributed by atoms with Crippen LogP contribution in [0.2, 0.25) is 0 Å². The Kier molecular flexibility index (Phi) is 4.45. The van der Waals surface area contributed by atoms with Crippen LogP contribution in [0.15, 0.2) is 0 Å². The van der Waals surface area contributed by atoms with Gasteiger partial charge in [0.25, 0.3) is 0 Å². The van der Waals surface area contributed by atoms with Gasteiger partial charge in [-0.25, -0.2) is 0 Å². The Labute approximate surface area is 118 Å². The third kappa shape index (κ3) is 3.32. The van der Waals surface area contributed by atoms with Crippen molar-refractivity contribution in [1.82, 2.24) is 9.80 Å². The molecule has 19 heavy (non-hydrogen) atoms. The highest BCUT2D eigenvalue weighted by Gasteiger charge is 2.35. The molecule has 1 saturated heterocycles. The molecule has 3 atom stereocenters. The summed E-state index contributed by atoms with van der Waals surface area (Å²) in [5, 5.41) is 0. The van der Waals surface area contributed by atoms with Gasteiger partial charge in [-0.1, -0.05) is 19.8 Å². The standard InChI is InChI=1S/C16H31N3/c1-13-3-2-4-14(11-13)16(12-17)19-9-7-18(8-10-19)15-5-6-15/h13-16H,2-12,17H2,1H3. The van der Waals surface area contributed by atoms with Gasteiger partial charge in [-0.15, -0.1) is 0 Å². The fourth-order valence-electron chi connectivity index (χ4n) is 4.34. The highest BCUT2D eigenvalue weighted by atomic mass is 15.3.